The molecule has 0 radical (unpaired) electrons. The largest absolute Gasteiger partial charge is 0.332 e. The highest BCUT2D eigenvalue weighted by atomic mass is 16.6. The Bertz CT molecular complexity index is 914. The second-order valence-corrected chi connectivity index (χ2v) is 6.06. The van der Waals surface area contributed by atoms with Crippen LogP contribution in [0.5, 0.6) is 0 Å². The van der Waals surface area contributed by atoms with Crippen molar-refractivity contribution in [2.24, 2.45) is 0 Å². The number of aromatic nitrogens is 1. The Hall–Kier alpha value is -3.54. The highest BCUT2D eigenvalue weighted by Crippen LogP contribution is 2.20. The van der Waals surface area contributed by atoms with Gasteiger partial charge in [-0.3, -0.25) is 19.9 Å². The van der Waals surface area contributed by atoms with Crippen molar-refractivity contribution < 1.29 is 9.72 Å². The topological polar surface area (TPSA) is 76.3 Å². The van der Waals surface area contributed by atoms with Gasteiger partial charge >= 0.3 is 0 Å². The lowest BCUT2D eigenvalue weighted by Crippen LogP contribution is -2.33. The van der Waals surface area contributed by atoms with E-state index >= 15 is 0 Å². The van der Waals surface area contributed by atoms with E-state index in [1.165, 1.54) is 12.1 Å². The maximum atomic E-state index is 13.1. The van der Waals surface area contributed by atoms with E-state index < -0.39 is 4.92 Å². The number of carbonyl (C=O) groups is 1. The molecule has 3 rings (SSSR count). The van der Waals surface area contributed by atoms with E-state index in [0.717, 1.165) is 11.3 Å². The number of amides is 1. The first-order valence-electron chi connectivity index (χ1n) is 8.61. The fraction of sp³-hybridized carbons (Fsp3) is 0.143. The van der Waals surface area contributed by atoms with Crippen molar-refractivity contribution in [1.29, 1.82) is 0 Å². The van der Waals surface area contributed by atoms with Crippen molar-refractivity contribution in [2.75, 3.05) is 6.54 Å². The minimum absolute atomic E-state index is 0.0893. The van der Waals surface area contributed by atoms with Crippen LogP contribution in [0, 0.1) is 10.1 Å². The minimum Gasteiger partial charge on any atom is -0.332 e. The molecule has 6 heteroatoms. The van der Waals surface area contributed by atoms with Crippen LogP contribution in [0.25, 0.3) is 0 Å². The summed E-state index contributed by atoms with van der Waals surface area (Å²) < 4.78 is 0. The predicted octanol–water partition coefficient (Wildman–Crippen LogP) is 3.87. The van der Waals surface area contributed by atoms with Crippen LogP contribution in [0.3, 0.4) is 0 Å². The maximum Gasteiger partial charge on any atom is 0.282 e. The van der Waals surface area contributed by atoms with Gasteiger partial charge in [0, 0.05) is 18.8 Å². The standard InChI is InChI=1S/C21H19N3O3/c25-21(19-11-4-5-12-20(19)24(26)27)23(16-18-10-6-7-14-22-18)15-13-17-8-2-1-3-9-17/h1-12,14H,13,15-16H2. The molecule has 0 aliphatic carbocycles. The van der Waals surface area contributed by atoms with Crippen LogP contribution in [0.4, 0.5) is 5.69 Å². The Labute approximate surface area is 157 Å². The van der Waals surface area contributed by atoms with Gasteiger partial charge in [0.2, 0.25) is 0 Å². The summed E-state index contributed by atoms with van der Waals surface area (Å²) in [4.78, 5) is 29.8. The minimum atomic E-state index is -0.524. The molecule has 27 heavy (non-hydrogen) atoms. The number of nitro groups is 1. The number of para-hydroxylation sites is 1. The van der Waals surface area contributed by atoms with Crippen LogP contribution in [0.1, 0.15) is 21.6 Å². The zero-order chi connectivity index (χ0) is 19.1. The first-order valence-corrected chi connectivity index (χ1v) is 8.61. The molecule has 0 aliphatic heterocycles. The Morgan fingerprint density at radius 2 is 1.67 bits per heavy atom. The van der Waals surface area contributed by atoms with E-state index in [1.54, 1.807) is 23.2 Å². The van der Waals surface area contributed by atoms with Crippen LogP contribution < -0.4 is 0 Å². The van der Waals surface area contributed by atoms with Gasteiger partial charge in [-0.25, -0.2) is 0 Å². The molecule has 136 valence electrons. The number of nitro benzene ring substituents is 1. The van der Waals surface area contributed by atoms with Crippen LogP contribution in [-0.4, -0.2) is 27.3 Å². The number of benzene rings is 2. The Morgan fingerprint density at radius 3 is 2.37 bits per heavy atom. The monoisotopic (exact) mass is 361 g/mol. The maximum absolute atomic E-state index is 13.1. The molecular formula is C21H19N3O3. The summed E-state index contributed by atoms with van der Waals surface area (Å²) in [6, 6.07) is 21.4. The van der Waals surface area contributed by atoms with Crippen molar-refractivity contribution in [1.82, 2.24) is 9.88 Å². The summed E-state index contributed by atoms with van der Waals surface area (Å²) in [6.45, 7) is 0.726. The van der Waals surface area contributed by atoms with Crippen LogP contribution in [-0.2, 0) is 13.0 Å². The molecule has 0 saturated heterocycles. The van der Waals surface area contributed by atoms with E-state index in [4.69, 9.17) is 0 Å². The first kappa shape index (κ1) is 18.3. The van der Waals surface area contributed by atoms with E-state index in [9.17, 15) is 14.9 Å². The van der Waals surface area contributed by atoms with Crippen molar-refractivity contribution >= 4 is 11.6 Å². The second kappa shape index (κ2) is 8.71. The Morgan fingerprint density at radius 1 is 0.963 bits per heavy atom. The Kier molecular flexibility index (Phi) is 5.89. The lowest BCUT2D eigenvalue weighted by Gasteiger charge is -2.22. The molecule has 0 bridgehead atoms. The summed E-state index contributed by atoms with van der Waals surface area (Å²) in [5.74, 6) is -0.371. The third-order valence-electron chi connectivity index (χ3n) is 4.21. The number of carbonyl (C=O) groups excluding carboxylic acids is 1. The van der Waals surface area contributed by atoms with Gasteiger partial charge in [-0.05, 0) is 30.2 Å². The summed E-state index contributed by atoms with van der Waals surface area (Å²) in [7, 11) is 0. The molecule has 0 saturated carbocycles. The van der Waals surface area contributed by atoms with Crippen molar-refractivity contribution in [3.8, 4) is 0 Å². The average molecular weight is 361 g/mol. The zero-order valence-electron chi connectivity index (χ0n) is 14.7. The number of pyridine rings is 1. The molecule has 0 spiro atoms. The molecule has 0 unspecified atom stereocenters. The summed E-state index contributed by atoms with van der Waals surface area (Å²) in [5.41, 5.74) is 1.73. The average Bonchev–Trinajstić information content (AvgIpc) is 2.72. The van der Waals surface area contributed by atoms with Crippen LogP contribution in [0.2, 0.25) is 0 Å². The third-order valence-corrected chi connectivity index (χ3v) is 4.21. The van der Waals surface area contributed by atoms with Gasteiger partial charge in [-0.1, -0.05) is 48.5 Å². The fourth-order valence-electron chi connectivity index (χ4n) is 2.83. The normalized spacial score (nSPS) is 10.4. The SMILES string of the molecule is O=C(c1ccccc1[N+](=O)[O-])N(CCc1ccccc1)Cc1ccccn1. The van der Waals surface area contributed by atoms with Gasteiger partial charge < -0.3 is 4.90 Å². The van der Waals surface area contributed by atoms with E-state index in [1.807, 2.05) is 48.5 Å². The first-order chi connectivity index (χ1) is 13.1. The summed E-state index contributed by atoms with van der Waals surface area (Å²) in [6.07, 6.45) is 2.32. The molecule has 1 amide bonds. The highest BCUT2D eigenvalue weighted by Gasteiger charge is 2.24. The predicted molar refractivity (Wildman–Crippen MR) is 102 cm³/mol. The van der Waals surface area contributed by atoms with E-state index in [0.29, 0.717) is 19.5 Å². The van der Waals surface area contributed by atoms with E-state index in [-0.39, 0.29) is 17.2 Å². The van der Waals surface area contributed by atoms with Gasteiger partial charge in [-0.2, -0.15) is 0 Å². The van der Waals surface area contributed by atoms with Crippen molar-refractivity contribution in [3.05, 3.63) is 106 Å². The van der Waals surface area contributed by atoms with Crippen LogP contribution in [0.15, 0.2) is 79.0 Å². The smallest absolute Gasteiger partial charge is 0.282 e. The second-order valence-electron chi connectivity index (χ2n) is 6.06. The van der Waals surface area contributed by atoms with Gasteiger partial charge in [0.15, 0.2) is 0 Å². The third kappa shape index (κ3) is 4.76. The summed E-state index contributed by atoms with van der Waals surface area (Å²) >= 11 is 0. The van der Waals surface area contributed by atoms with Crippen LogP contribution >= 0.6 is 0 Å². The number of hydrogen-bond acceptors (Lipinski definition) is 4. The number of hydrogen-bond donors (Lipinski definition) is 0. The number of rotatable bonds is 7. The highest BCUT2D eigenvalue weighted by molar-refractivity contribution is 5.98. The van der Waals surface area contributed by atoms with Crippen molar-refractivity contribution in [3.63, 3.8) is 0 Å². The quantitative estimate of drug-likeness (QED) is 0.473. The fourth-order valence-corrected chi connectivity index (χ4v) is 2.83. The lowest BCUT2D eigenvalue weighted by atomic mass is 10.1. The lowest BCUT2D eigenvalue weighted by molar-refractivity contribution is -0.385. The Balaban J connectivity index is 1.86. The molecular weight excluding hydrogens is 342 g/mol. The zero-order valence-corrected chi connectivity index (χ0v) is 14.7. The molecule has 1 heterocycles. The molecule has 2 aromatic carbocycles. The van der Waals surface area contributed by atoms with Gasteiger partial charge in [-0.15, -0.1) is 0 Å². The molecule has 0 atom stereocenters. The molecule has 6 nitrogen and oxygen atoms in total. The van der Waals surface area contributed by atoms with E-state index in [2.05, 4.69) is 4.98 Å². The molecule has 0 aliphatic rings. The van der Waals surface area contributed by atoms with Gasteiger partial charge in [0.05, 0.1) is 17.2 Å². The molecule has 0 N–H and O–H groups in total. The van der Waals surface area contributed by atoms with Gasteiger partial charge in [0.1, 0.15) is 5.56 Å². The molecule has 0 fully saturated rings. The number of nitrogens with zero attached hydrogens (tertiary/aromatic N) is 3. The van der Waals surface area contributed by atoms with Crippen molar-refractivity contribution in [2.45, 2.75) is 13.0 Å². The summed E-state index contributed by atoms with van der Waals surface area (Å²) in [5, 5.41) is 11.3. The molecule has 1 aromatic heterocycles. The molecule has 3 aromatic rings. The van der Waals surface area contributed by atoms with Gasteiger partial charge in [0.25, 0.3) is 11.6 Å².